The summed E-state index contributed by atoms with van der Waals surface area (Å²) in [6.07, 6.45) is 5.62. The van der Waals surface area contributed by atoms with E-state index in [4.69, 9.17) is 11.6 Å². The lowest BCUT2D eigenvalue weighted by Gasteiger charge is -2.14. The predicted molar refractivity (Wildman–Crippen MR) is 68.5 cm³/mol. The Kier molecular flexibility index (Phi) is 3.06. The minimum absolute atomic E-state index is 0.252. The van der Waals surface area contributed by atoms with Gasteiger partial charge >= 0.3 is 0 Å². The Balaban J connectivity index is 2.03. The number of benzene rings is 1. The Bertz CT molecular complexity index is 561. The molecule has 3 nitrogen and oxygen atoms in total. The van der Waals surface area contributed by atoms with Crippen LogP contribution in [0.15, 0.2) is 30.7 Å². The van der Waals surface area contributed by atoms with Crippen molar-refractivity contribution in [2.24, 2.45) is 0 Å². The molecule has 1 aliphatic heterocycles. The first-order valence-electron chi connectivity index (χ1n) is 5.97. The largest absolute Gasteiger partial charge is 0.309 e. The fraction of sp³-hybridized carbons (Fsp3) is 0.308. The highest BCUT2D eigenvalue weighted by Crippen LogP contribution is 2.26. The summed E-state index contributed by atoms with van der Waals surface area (Å²) in [5, 5.41) is 3.79. The van der Waals surface area contributed by atoms with E-state index >= 15 is 0 Å². The van der Waals surface area contributed by atoms with Gasteiger partial charge in [-0.3, -0.25) is 4.57 Å². The monoisotopic (exact) mass is 265 g/mol. The Morgan fingerprint density at radius 2 is 2.33 bits per heavy atom. The lowest BCUT2D eigenvalue weighted by molar-refractivity contribution is 0.591. The van der Waals surface area contributed by atoms with Crippen LogP contribution < -0.4 is 5.32 Å². The number of imidazole rings is 1. The second kappa shape index (κ2) is 4.71. The molecule has 18 heavy (non-hydrogen) atoms. The van der Waals surface area contributed by atoms with Gasteiger partial charge in [0.25, 0.3) is 0 Å². The zero-order valence-corrected chi connectivity index (χ0v) is 10.5. The highest BCUT2D eigenvalue weighted by atomic mass is 35.5. The number of hydrogen-bond acceptors (Lipinski definition) is 2. The van der Waals surface area contributed by atoms with Gasteiger partial charge in [0, 0.05) is 11.1 Å². The molecule has 1 aromatic carbocycles. The van der Waals surface area contributed by atoms with E-state index in [1.54, 1.807) is 29.2 Å². The van der Waals surface area contributed by atoms with Gasteiger partial charge in [0.15, 0.2) is 0 Å². The van der Waals surface area contributed by atoms with Crippen molar-refractivity contribution in [3.63, 3.8) is 0 Å². The second-order valence-corrected chi connectivity index (χ2v) is 4.87. The summed E-state index contributed by atoms with van der Waals surface area (Å²) in [5.41, 5.74) is 1.48. The summed E-state index contributed by atoms with van der Waals surface area (Å²) in [6, 6.07) is 4.94. The van der Waals surface area contributed by atoms with Gasteiger partial charge in [-0.05, 0) is 37.6 Å². The van der Waals surface area contributed by atoms with Crippen LogP contribution in [-0.4, -0.2) is 16.1 Å². The normalized spacial score (nSPS) is 19.3. The molecular weight excluding hydrogens is 253 g/mol. The Labute approximate surface area is 110 Å². The maximum atomic E-state index is 13.9. The summed E-state index contributed by atoms with van der Waals surface area (Å²) in [6.45, 7) is 0.999. The van der Waals surface area contributed by atoms with Gasteiger partial charge in [0.2, 0.25) is 0 Å². The molecule has 1 fully saturated rings. The molecule has 0 radical (unpaired) electrons. The molecular formula is C13H13ClFN3. The van der Waals surface area contributed by atoms with E-state index in [1.807, 2.05) is 0 Å². The molecule has 3 rings (SSSR count). The molecule has 0 unspecified atom stereocenters. The Morgan fingerprint density at radius 1 is 1.44 bits per heavy atom. The maximum Gasteiger partial charge on any atom is 0.148 e. The first-order valence-corrected chi connectivity index (χ1v) is 6.34. The molecule has 1 aliphatic rings. The first-order chi connectivity index (χ1) is 8.75. The minimum Gasteiger partial charge on any atom is -0.309 e. The molecule has 0 saturated carbocycles. The summed E-state index contributed by atoms with van der Waals surface area (Å²) in [5.74, 6) is -0.334. The number of nitrogens with one attached hydrogen (secondary N) is 1. The number of rotatable bonds is 2. The molecule has 1 atom stereocenters. The van der Waals surface area contributed by atoms with E-state index < -0.39 is 0 Å². The van der Waals surface area contributed by atoms with Crippen molar-refractivity contribution in [3.05, 3.63) is 47.3 Å². The summed E-state index contributed by atoms with van der Waals surface area (Å²) in [4.78, 5) is 4.13. The number of nitrogens with zero attached hydrogens (tertiary/aromatic N) is 2. The van der Waals surface area contributed by atoms with Crippen LogP contribution in [0.5, 0.6) is 0 Å². The molecule has 0 bridgehead atoms. The van der Waals surface area contributed by atoms with Crippen molar-refractivity contribution in [1.82, 2.24) is 14.9 Å². The third-order valence-corrected chi connectivity index (χ3v) is 3.49. The first kappa shape index (κ1) is 11.7. The number of hydrogen-bond donors (Lipinski definition) is 1. The molecule has 0 amide bonds. The molecule has 1 saturated heterocycles. The molecule has 1 N–H and O–H groups in total. The van der Waals surface area contributed by atoms with Crippen molar-refractivity contribution < 1.29 is 4.39 Å². The lowest BCUT2D eigenvalue weighted by Crippen LogP contribution is -2.16. The van der Waals surface area contributed by atoms with Crippen LogP contribution in [0.4, 0.5) is 4.39 Å². The van der Waals surface area contributed by atoms with E-state index in [-0.39, 0.29) is 11.9 Å². The maximum absolute atomic E-state index is 13.9. The van der Waals surface area contributed by atoms with Crippen molar-refractivity contribution in [2.45, 2.75) is 18.9 Å². The highest BCUT2D eigenvalue weighted by Gasteiger charge is 2.21. The van der Waals surface area contributed by atoms with Crippen molar-refractivity contribution >= 4 is 11.6 Å². The number of aromatic nitrogens is 2. The zero-order chi connectivity index (χ0) is 12.5. The van der Waals surface area contributed by atoms with Crippen LogP contribution in [0.25, 0.3) is 5.69 Å². The van der Waals surface area contributed by atoms with E-state index in [1.165, 1.54) is 6.07 Å². The van der Waals surface area contributed by atoms with Crippen LogP contribution in [0.1, 0.15) is 24.6 Å². The van der Waals surface area contributed by atoms with Gasteiger partial charge in [-0.15, -0.1) is 0 Å². The van der Waals surface area contributed by atoms with Crippen molar-refractivity contribution in [1.29, 1.82) is 0 Å². The second-order valence-electron chi connectivity index (χ2n) is 4.43. The summed E-state index contributed by atoms with van der Waals surface area (Å²) >= 11 is 5.77. The van der Waals surface area contributed by atoms with Crippen LogP contribution in [-0.2, 0) is 0 Å². The van der Waals surface area contributed by atoms with E-state index in [0.717, 1.165) is 25.1 Å². The smallest absolute Gasteiger partial charge is 0.148 e. The summed E-state index contributed by atoms with van der Waals surface area (Å²) in [7, 11) is 0. The molecule has 2 aromatic rings. The third-order valence-electron chi connectivity index (χ3n) is 3.25. The average molecular weight is 266 g/mol. The fourth-order valence-electron chi connectivity index (χ4n) is 2.38. The molecule has 5 heteroatoms. The topological polar surface area (TPSA) is 29.9 Å². The van der Waals surface area contributed by atoms with Crippen LogP contribution >= 0.6 is 11.6 Å². The SMILES string of the molecule is Fc1cc(Cl)ccc1-n1cncc1[C@@H]1CCCN1. The van der Waals surface area contributed by atoms with Crippen molar-refractivity contribution in [2.75, 3.05) is 6.54 Å². The Hall–Kier alpha value is -1.39. The lowest BCUT2D eigenvalue weighted by atomic mass is 10.1. The van der Waals surface area contributed by atoms with Gasteiger partial charge in [0.1, 0.15) is 5.82 Å². The summed E-state index contributed by atoms with van der Waals surface area (Å²) < 4.78 is 15.7. The average Bonchev–Trinajstić information content (AvgIpc) is 2.98. The van der Waals surface area contributed by atoms with E-state index in [2.05, 4.69) is 10.3 Å². The van der Waals surface area contributed by atoms with E-state index in [0.29, 0.717) is 10.7 Å². The van der Waals surface area contributed by atoms with Crippen LogP contribution in [0.2, 0.25) is 5.02 Å². The molecule has 0 spiro atoms. The van der Waals surface area contributed by atoms with Gasteiger partial charge in [-0.25, -0.2) is 9.37 Å². The quantitative estimate of drug-likeness (QED) is 0.904. The van der Waals surface area contributed by atoms with Gasteiger partial charge in [0.05, 0.1) is 23.9 Å². The van der Waals surface area contributed by atoms with E-state index in [9.17, 15) is 4.39 Å². The number of halogens is 2. The standard InChI is InChI=1S/C13H13ClFN3/c14-9-3-4-12(10(15)6-9)18-8-16-7-13(18)11-2-1-5-17-11/h3-4,6-8,11,17H,1-2,5H2/t11-/m0/s1. The van der Waals surface area contributed by atoms with Gasteiger partial charge in [-0.1, -0.05) is 11.6 Å². The zero-order valence-electron chi connectivity index (χ0n) is 9.74. The highest BCUT2D eigenvalue weighted by molar-refractivity contribution is 6.30. The molecule has 1 aromatic heterocycles. The van der Waals surface area contributed by atoms with Crippen LogP contribution in [0, 0.1) is 5.82 Å². The van der Waals surface area contributed by atoms with Gasteiger partial charge in [-0.2, -0.15) is 0 Å². The third kappa shape index (κ3) is 2.02. The molecule has 94 valence electrons. The molecule has 0 aliphatic carbocycles. The fourth-order valence-corrected chi connectivity index (χ4v) is 2.54. The van der Waals surface area contributed by atoms with Crippen molar-refractivity contribution in [3.8, 4) is 5.69 Å². The van der Waals surface area contributed by atoms with Crippen LogP contribution in [0.3, 0.4) is 0 Å². The minimum atomic E-state index is -0.334. The molecule has 2 heterocycles. The van der Waals surface area contributed by atoms with Gasteiger partial charge < -0.3 is 5.32 Å². The Morgan fingerprint density at radius 3 is 3.06 bits per heavy atom. The predicted octanol–water partition coefficient (Wildman–Crippen LogP) is 3.09.